The zero-order valence-electron chi connectivity index (χ0n) is 13.9. The largest absolute Gasteiger partial charge is 0.370 e. The van der Waals surface area contributed by atoms with Crippen molar-refractivity contribution in [3.8, 4) is 0 Å². The zero-order valence-corrected chi connectivity index (χ0v) is 14.7. The molecular formula is C17H22ClN5O. The van der Waals surface area contributed by atoms with Gasteiger partial charge in [0.1, 0.15) is 17.8 Å². The molecule has 2 N–H and O–H groups in total. The second-order valence-electron chi connectivity index (χ2n) is 5.65. The number of rotatable bonds is 8. The summed E-state index contributed by atoms with van der Waals surface area (Å²) in [6, 6.07) is 9.39. The molecule has 0 unspecified atom stereocenters. The van der Waals surface area contributed by atoms with Gasteiger partial charge in [-0.3, -0.25) is 4.79 Å². The molecule has 1 aromatic carbocycles. The minimum Gasteiger partial charge on any atom is -0.370 e. The number of hydrogen-bond donors (Lipinski definition) is 2. The van der Waals surface area contributed by atoms with E-state index in [2.05, 4.69) is 20.6 Å². The Morgan fingerprint density at radius 2 is 1.92 bits per heavy atom. The Balaban J connectivity index is 1.83. The number of carbonyl (C=O) groups excluding carboxylic acids is 1. The average Bonchev–Trinajstić information content (AvgIpc) is 2.56. The number of likely N-dealkylation sites (N-methyl/N-ethyl adjacent to an activating group) is 1. The van der Waals surface area contributed by atoms with Gasteiger partial charge < -0.3 is 15.5 Å². The molecule has 128 valence electrons. The van der Waals surface area contributed by atoms with Crippen molar-refractivity contribution >= 4 is 23.3 Å². The lowest BCUT2D eigenvalue weighted by Gasteiger charge is -2.10. The third-order valence-electron chi connectivity index (χ3n) is 3.38. The summed E-state index contributed by atoms with van der Waals surface area (Å²) in [5, 5.41) is 6.77. The maximum Gasteiger partial charge on any atom is 0.270 e. The SMILES string of the molecule is CN(C)CCNC(=O)c1cc(NCCc2ccc(Cl)cc2)ncn1. The predicted octanol–water partition coefficient (Wildman–Crippen LogP) is 2.08. The van der Waals surface area contributed by atoms with Gasteiger partial charge in [-0.15, -0.1) is 0 Å². The Bertz CT molecular complexity index is 660. The molecule has 0 radical (unpaired) electrons. The van der Waals surface area contributed by atoms with Crippen LogP contribution in [0.4, 0.5) is 5.82 Å². The summed E-state index contributed by atoms with van der Waals surface area (Å²) in [5.74, 6) is 0.441. The summed E-state index contributed by atoms with van der Waals surface area (Å²) in [5.41, 5.74) is 1.54. The average molecular weight is 348 g/mol. The van der Waals surface area contributed by atoms with Crippen LogP contribution in [-0.2, 0) is 6.42 Å². The van der Waals surface area contributed by atoms with Crippen molar-refractivity contribution in [2.45, 2.75) is 6.42 Å². The van der Waals surface area contributed by atoms with Crippen LogP contribution in [0.3, 0.4) is 0 Å². The topological polar surface area (TPSA) is 70.2 Å². The van der Waals surface area contributed by atoms with E-state index in [0.29, 0.717) is 24.6 Å². The number of halogens is 1. The Morgan fingerprint density at radius 3 is 2.62 bits per heavy atom. The van der Waals surface area contributed by atoms with Crippen LogP contribution >= 0.6 is 11.6 Å². The van der Waals surface area contributed by atoms with E-state index in [0.717, 1.165) is 18.0 Å². The molecular weight excluding hydrogens is 326 g/mol. The fourth-order valence-corrected chi connectivity index (χ4v) is 2.17. The lowest BCUT2D eigenvalue weighted by molar-refractivity contribution is 0.0946. The van der Waals surface area contributed by atoms with Crippen LogP contribution in [0.25, 0.3) is 0 Å². The van der Waals surface area contributed by atoms with Gasteiger partial charge in [0, 0.05) is 30.7 Å². The number of benzene rings is 1. The third kappa shape index (κ3) is 6.14. The van der Waals surface area contributed by atoms with Crippen LogP contribution in [0.1, 0.15) is 16.1 Å². The van der Waals surface area contributed by atoms with Crippen LogP contribution in [-0.4, -0.2) is 54.5 Å². The summed E-state index contributed by atoms with van der Waals surface area (Å²) >= 11 is 5.87. The third-order valence-corrected chi connectivity index (χ3v) is 3.63. The number of aromatic nitrogens is 2. The molecule has 1 aromatic heterocycles. The minimum absolute atomic E-state index is 0.194. The van der Waals surface area contributed by atoms with Crippen LogP contribution < -0.4 is 10.6 Å². The van der Waals surface area contributed by atoms with Gasteiger partial charge in [-0.2, -0.15) is 0 Å². The van der Waals surface area contributed by atoms with E-state index in [1.54, 1.807) is 6.07 Å². The molecule has 0 aliphatic rings. The molecule has 7 heteroatoms. The lowest BCUT2D eigenvalue weighted by Crippen LogP contribution is -2.31. The molecule has 1 heterocycles. The predicted molar refractivity (Wildman–Crippen MR) is 96.6 cm³/mol. The van der Waals surface area contributed by atoms with Gasteiger partial charge in [0.25, 0.3) is 5.91 Å². The molecule has 0 atom stereocenters. The molecule has 6 nitrogen and oxygen atoms in total. The van der Waals surface area contributed by atoms with E-state index in [4.69, 9.17) is 11.6 Å². The van der Waals surface area contributed by atoms with E-state index < -0.39 is 0 Å². The highest BCUT2D eigenvalue weighted by Crippen LogP contribution is 2.10. The second kappa shape index (κ2) is 9.20. The Kier molecular flexibility index (Phi) is 6.96. The van der Waals surface area contributed by atoms with Crippen molar-refractivity contribution in [2.24, 2.45) is 0 Å². The van der Waals surface area contributed by atoms with Gasteiger partial charge in [-0.1, -0.05) is 23.7 Å². The standard InChI is InChI=1S/C17H22ClN5O/c1-23(2)10-9-20-17(24)15-11-16(22-12-21-15)19-8-7-13-3-5-14(18)6-4-13/h3-6,11-12H,7-10H2,1-2H3,(H,20,24)(H,19,21,22). The lowest BCUT2D eigenvalue weighted by atomic mass is 10.1. The molecule has 0 spiro atoms. The first-order valence-corrected chi connectivity index (χ1v) is 8.15. The summed E-state index contributed by atoms with van der Waals surface area (Å²) < 4.78 is 0. The van der Waals surface area contributed by atoms with E-state index >= 15 is 0 Å². The van der Waals surface area contributed by atoms with Crippen LogP contribution in [0.2, 0.25) is 5.02 Å². The van der Waals surface area contributed by atoms with E-state index in [1.807, 2.05) is 43.3 Å². The van der Waals surface area contributed by atoms with Crippen LogP contribution in [0, 0.1) is 0 Å². The smallest absolute Gasteiger partial charge is 0.270 e. The van der Waals surface area contributed by atoms with E-state index in [-0.39, 0.29) is 5.91 Å². The van der Waals surface area contributed by atoms with Crippen molar-refractivity contribution in [3.05, 3.63) is 52.9 Å². The maximum atomic E-state index is 12.0. The quantitative estimate of drug-likeness (QED) is 0.765. The molecule has 0 saturated carbocycles. The summed E-state index contributed by atoms with van der Waals surface area (Å²) in [4.78, 5) is 22.2. The van der Waals surface area contributed by atoms with E-state index in [1.165, 1.54) is 11.9 Å². The molecule has 2 rings (SSSR count). The highest BCUT2D eigenvalue weighted by molar-refractivity contribution is 6.30. The molecule has 0 saturated heterocycles. The van der Waals surface area contributed by atoms with Crippen molar-refractivity contribution in [3.63, 3.8) is 0 Å². The number of hydrogen-bond acceptors (Lipinski definition) is 5. The number of nitrogens with zero attached hydrogens (tertiary/aromatic N) is 3. The van der Waals surface area contributed by atoms with Gasteiger partial charge >= 0.3 is 0 Å². The minimum atomic E-state index is -0.194. The van der Waals surface area contributed by atoms with Crippen molar-refractivity contribution in [1.29, 1.82) is 0 Å². The van der Waals surface area contributed by atoms with Gasteiger partial charge in [0.15, 0.2) is 0 Å². The molecule has 0 aliphatic carbocycles. The normalized spacial score (nSPS) is 10.7. The Morgan fingerprint density at radius 1 is 1.17 bits per heavy atom. The molecule has 0 fully saturated rings. The molecule has 24 heavy (non-hydrogen) atoms. The van der Waals surface area contributed by atoms with Gasteiger partial charge in [-0.25, -0.2) is 9.97 Å². The molecule has 0 bridgehead atoms. The number of anilines is 1. The van der Waals surface area contributed by atoms with E-state index in [9.17, 15) is 4.79 Å². The summed E-state index contributed by atoms with van der Waals surface area (Å²) in [6.45, 7) is 2.07. The zero-order chi connectivity index (χ0) is 17.4. The first kappa shape index (κ1) is 18.2. The monoisotopic (exact) mass is 347 g/mol. The number of amides is 1. The molecule has 2 aromatic rings. The fraction of sp³-hybridized carbons (Fsp3) is 0.353. The van der Waals surface area contributed by atoms with Crippen molar-refractivity contribution in [1.82, 2.24) is 20.2 Å². The van der Waals surface area contributed by atoms with Crippen LogP contribution in [0.5, 0.6) is 0 Å². The summed E-state index contributed by atoms with van der Waals surface area (Å²) in [7, 11) is 3.92. The molecule has 1 amide bonds. The first-order valence-electron chi connectivity index (χ1n) is 7.78. The Hall–Kier alpha value is -2.18. The van der Waals surface area contributed by atoms with Crippen molar-refractivity contribution in [2.75, 3.05) is 39.0 Å². The highest BCUT2D eigenvalue weighted by atomic mass is 35.5. The molecule has 0 aliphatic heterocycles. The van der Waals surface area contributed by atoms with Crippen LogP contribution in [0.15, 0.2) is 36.7 Å². The first-order chi connectivity index (χ1) is 11.5. The van der Waals surface area contributed by atoms with Gasteiger partial charge in [0.2, 0.25) is 0 Å². The summed E-state index contributed by atoms with van der Waals surface area (Å²) in [6.07, 6.45) is 2.23. The number of carbonyl (C=O) groups is 1. The maximum absolute atomic E-state index is 12.0. The number of nitrogens with one attached hydrogen (secondary N) is 2. The fourth-order valence-electron chi connectivity index (χ4n) is 2.05. The van der Waals surface area contributed by atoms with Crippen molar-refractivity contribution < 1.29 is 4.79 Å². The van der Waals surface area contributed by atoms with Gasteiger partial charge in [0.05, 0.1) is 0 Å². The van der Waals surface area contributed by atoms with Gasteiger partial charge in [-0.05, 0) is 38.2 Å². The highest BCUT2D eigenvalue weighted by Gasteiger charge is 2.08. The Labute approximate surface area is 147 Å². The second-order valence-corrected chi connectivity index (χ2v) is 6.09.